The number of aliphatic hydroxyl groups is 1. The fourth-order valence-corrected chi connectivity index (χ4v) is 5.04. The highest BCUT2D eigenvalue weighted by molar-refractivity contribution is 5.96. The van der Waals surface area contributed by atoms with Crippen molar-refractivity contribution in [1.82, 2.24) is 10.2 Å². The minimum Gasteiger partial charge on any atom is -0.466 e. The van der Waals surface area contributed by atoms with Gasteiger partial charge in [-0.05, 0) is 31.6 Å². The van der Waals surface area contributed by atoms with Gasteiger partial charge in [-0.2, -0.15) is 0 Å². The number of hydrogen-bond acceptors (Lipinski definition) is 5. The van der Waals surface area contributed by atoms with Gasteiger partial charge in [0.2, 0.25) is 11.8 Å². The van der Waals surface area contributed by atoms with Gasteiger partial charge in [-0.25, -0.2) is 0 Å². The van der Waals surface area contributed by atoms with Crippen molar-refractivity contribution < 1.29 is 24.2 Å². The lowest BCUT2D eigenvalue weighted by atomic mass is 9.70. The van der Waals surface area contributed by atoms with Crippen LogP contribution in [0.5, 0.6) is 0 Å². The molecule has 0 aromatic rings. The molecule has 176 valence electrons. The van der Waals surface area contributed by atoms with Crippen LogP contribution in [0.1, 0.15) is 60.3 Å². The number of rotatable bonds is 11. The van der Waals surface area contributed by atoms with Crippen molar-refractivity contribution in [2.24, 2.45) is 29.6 Å². The summed E-state index contributed by atoms with van der Waals surface area (Å²) in [5.74, 6) is -2.42. The van der Waals surface area contributed by atoms with Crippen LogP contribution < -0.4 is 5.32 Å². The van der Waals surface area contributed by atoms with E-state index in [0.717, 1.165) is 19.3 Å². The third-order valence-corrected chi connectivity index (χ3v) is 6.46. The molecule has 1 aliphatic carbocycles. The van der Waals surface area contributed by atoms with Crippen LogP contribution in [-0.4, -0.2) is 59.6 Å². The molecular formula is C24H40N2O5. The second kappa shape index (κ2) is 11.7. The lowest BCUT2D eigenvalue weighted by molar-refractivity contribution is -0.156. The second-order valence-corrected chi connectivity index (χ2v) is 9.28. The Bertz CT molecular complexity index is 662. The molecule has 1 saturated heterocycles. The molecule has 1 heterocycles. The molecular weight excluding hydrogens is 396 g/mol. The summed E-state index contributed by atoms with van der Waals surface area (Å²) < 4.78 is 5.29. The van der Waals surface area contributed by atoms with Gasteiger partial charge in [0.15, 0.2) is 0 Å². The van der Waals surface area contributed by atoms with Crippen molar-refractivity contribution >= 4 is 17.8 Å². The van der Waals surface area contributed by atoms with Gasteiger partial charge in [-0.15, -0.1) is 0 Å². The zero-order chi connectivity index (χ0) is 23.1. The minimum atomic E-state index is -0.726. The molecule has 0 spiro atoms. The molecule has 1 aliphatic heterocycles. The lowest BCUT2D eigenvalue weighted by Crippen LogP contribution is -2.52. The summed E-state index contributed by atoms with van der Waals surface area (Å²) in [6, 6.07) is -1.19. The third kappa shape index (κ3) is 5.68. The Morgan fingerprint density at radius 3 is 2.52 bits per heavy atom. The van der Waals surface area contributed by atoms with Gasteiger partial charge < -0.3 is 20.1 Å². The summed E-state index contributed by atoms with van der Waals surface area (Å²) in [6.07, 6.45) is 7.39. The number of aliphatic hydroxyl groups excluding tert-OH is 1. The van der Waals surface area contributed by atoms with Crippen LogP contribution in [0.3, 0.4) is 0 Å². The van der Waals surface area contributed by atoms with Crippen molar-refractivity contribution in [3.63, 3.8) is 0 Å². The van der Waals surface area contributed by atoms with E-state index in [1.807, 2.05) is 32.9 Å². The summed E-state index contributed by atoms with van der Waals surface area (Å²) in [5, 5.41) is 13.1. The number of likely N-dealkylation sites (tertiary alicyclic amines) is 1. The van der Waals surface area contributed by atoms with Crippen LogP contribution >= 0.6 is 0 Å². The van der Waals surface area contributed by atoms with Gasteiger partial charge in [0.05, 0.1) is 31.1 Å². The highest BCUT2D eigenvalue weighted by Gasteiger charge is 2.58. The molecule has 31 heavy (non-hydrogen) atoms. The maximum absolute atomic E-state index is 13.7. The number of allylic oxidation sites excluding steroid dienone is 1. The maximum Gasteiger partial charge on any atom is 0.310 e. The van der Waals surface area contributed by atoms with Crippen LogP contribution in [-0.2, 0) is 19.1 Å². The van der Waals surface area contributed by atoms with Crippen LogP contribution in [0.25, 0.3) is 0 Å². The standard InChI is InChI=1S/C24H40N2O5/c1-6-8-9-12-25-22(28)21-18-11-10-16(5)19(24(30)31-7-2)20(18)23(29)26(21)17(14-27)13-15(3)4/h10-11,15-21,27H,6-9,12-14H2,1-5H3,(H,25,28)/t16-,17-,18+,19-,20-,21+/m1/s1. The zero-order valence-corrected chi connectivity index (χ0v) is 19.7. The number of carbonyl (C=O) groups is 3. The van der Waals surface area contributed by atoms with Crippen LogP contribution in [0.4, 0.5) is 0 Å². The van der Waals surface area contributed by atoms with E-state index in [9.17, 15) is 19.5 Å². The molecule has 1 fully saturated rings. The topological polar surface area (TPSA) is 95.9 Å². The van der Waals surface area contributed by atoms with Gasteiger partial charge in [0.25, 0.3) is 0 Å². The Hall–Kier alpha value is -1.89. The first kappa shape index (κ1) is 25.4. The molecule has 0 unspecified atom stereocenters. The molecule has 0 saturated carbocycles. The van der Waals surface area contributed by atoms with Gasteiger partial charge in [0, 0.05) is 12.5 Å². The molecule has 0 aromatic heterocycles. The van der Waals surface area contributed by atoms with Crippen molar-refractivity contribution in [2.75, 3.05) is 19.8 Å². The summed E-state index contributed by atoms with van der Waals surface area (Å²) in [4.78, 5) is 41.3. The number of unbranched alkanes of at least 4 members (excludes halogenated alkanes) is 2. The fourth-order valence-electron chi connectivity index (χ4n) is 5.04. The first-order chi connectivity index (χ1) is 14.8. The SMILES string of the molecule is CCCCCNC(=O)[C@@H]1[C@H]2C=C[C@@H](C)[C@@H](C(=O)OCC)[C@@H]2C(=O)N1[C@@H](CO)CC(C)C. The van der Waals surface area contributed by atoms with Crippen molar-refractivity contribution in [3.05, 3.63) is 12.2 Å². The van der Waals surface area contributed by atoms with E-state index in [2.05, 4.69) is 12.2 Å². The zero-order valence-electron chi connectivity index (χ0n) is 19.7. The largest absolute Gasteiger partial charge is 0.466 e. The number of carbonyl (C=O) groups excluding carboxylic acids is 3. The first-order valence-electron chi connectivity index (χ1n) is 11.8. The van der Waals surface area contributed by atoms with E-state index in [0.29, 0.717) is 13.0 Å². The average Bonchev–Trinajstić information content (AvgIpc) is 3.01. The second-order valence-electron chi connectivity index (χ2n) is 9.28. The number of amides is 2. The van der Waals surface area contributed by atoms with Gasteiger partial charge in [0.1, 0.15) is 6.04 Å². The highest BCUT2D eigenvalue weighted by Crippen LogP contribution is 2.45. The predicted molar refractivity (Wildman–Crippen MR) is 119 cm³/mol. The van der Waals surface area contributed by atoms with E-state index >= 15 is 0 Å². The molecule has 2 aliphatic rings. The minimum absolute atomic E-state index is 0.157. The van der Waals surface area contributed by atoms with Gasteiger partial charge in [-0.3, -0.25) is 14.4 Å². The van der Waals surface area contributed by atoms with E-state index in [4.69, 9.17) is 4.74 Å². The Morgan fingerprint density at radius 2 is 1.94 bits per heavy atom. The summed E-state index contributed by atoms with van der Waals surface area (Å²) >= 11 is 0. The van der Waals surface area contributed by atoms with Crippen LogP contribution in [0.15, 0.2) is 12.2 Å². The van der Waals surface area contributed by atoms with E-state index < -0.39 is 35.8 Å². The molecule has 0 bridgehead atoms. The number of nitrogens with zero attached hydrogens (tertiary/aromatic N) is 1. The summed E-state index contributed by atoms with van der Waals surface area (Å²) in [7, 11) is 0. The average molecular weight is 437 g/mol. The quantitative estimate of drug-likeness (QED) is 0.295. The molecule has 0 radical (unpaired) electrons. The first-order valence-corrected chi connectivity index (χ1v) is 11.8. The van der Waals surface area contributed by atoms with E-state index in [-0.39, 0.29) is 36.9 Å². The molecule has 2 N–H and O–H groups in total. The number of ether oxygens (including phenoxy) is 1. The van der Waals surface area contributed by atoms with Crippen LogP contribution in [0, 0.1) is 29.6 Å². The Balaban J connectivity index is 2.40. The van der Waals surface area contributed by atoms with Gasteiger partial charge in [-0.1, -0.05) is 52.7 Å². The maximum atomic E-state index is 13.7. The molecule has 7 nitrogen and oxygen atoms in total. The smallest absolute Gasteiger partial charge is 0.310 e. The van der Waals surface area contributed by atoms with Crippen molar-refractivity contribution in [2.45, 2.75) is 72.4 Å². The predicted octanol–water partition coefficient (Wildman–Crippen LogP) is 2.53. The molecule has 2 amide bonds. The van der Waals surface area contributed by atoms with E-state index in [1.165, 1.54) is 0 Å². The molecule has 2 rings (SSSR count). The lowest BCUT2D eigenvalue weighted by Gasteiger charge is -2.34. The number of hydrogen-bond donors (Lipinski definition) is 2. The number of nitrogens with one attached hydrogen (secondary N) is 1. The molecule has 7 heteroatoms. The van der Waals surface area contributed by atoms with Crippen molar-refractivity contribution in [3.8, 4) is 0 Å². The Labute approximate surface area is 186 Å². The monoisotopic (exact) mass is 436 g/mol. The Morgan fingerprint density at radius 1 is 1.23 bits per heavy atom. The molecule has 6 atom stereocenters. The summed E-state index contributed by atoms with van der Waals surface area (Å²) in [5.41, 5.74) is 0. The van der Waals surface area contributed by atoms with E-state index in [1.54, 1.807) is 11.8 Å². The summed E-state index contributed by atoms with van der Waals surface area (Å²) in [6.45, 7) is 10.4. The normalized spacial score (nSPS) is 28.5. The number of fused-ring (bicyclic) bond motifs is 1. The number of esters is 1. The highest BCUT2D eigenvalue weighted by atomic mass is 16.5. The van der Waals surface area contributed by atoms with Crippen molar-refractivity contribution in [1.29, 1.82) is 0 Å². The third-order valence-electron chi connectivity index (χ3n) is 6.46. The molecule has 0 aromatic carbocycles. The van der Waals surface area contributed by atoms with Crippen LogP contribution in [0.2, 0.25) is 0 Å². The van der Waals surface area contributed by atoms with Gasteiger partial charge >= 0.3 is 5.97 Å². The fraction of sp³-hybridized carbons (Fsp3) is 0.792. The Kier molecular flexibility index (Phi) is 9.54.